The Labute approximate surface area is 85.6 Å². The number of nitrogens with one attached hydrogen (secondary N) is 1. The number of rotatable bonds is 4. The first kappa shape index (κ1) is 11.9. The highest BCUT2D eigenvalue weighted by Crippen LogP contribution is 2.19. The van der Waals surface area contributed by atoms with E-state index in [4.69, 9.17) is 0 Å². The van der Waals surface area contributed by atoms with Gasteiger partial charge in [-0.05, 0) is 26.7 Å². The maximum absolute atomic E-state index is 11.4. The number of hydrogen-bond acceptors (Lipinski definition) is 4. The van der Waals surface area contributed by atoms with Crippen molar-refractivity contribution in [1.29, 1.82) is 0 Å². The van der Waals surface area contributed by atoms with E-state index in [2.05, 4.69) is 5.32 Å². The smallest absolute Gasteiger partial charge is 0.154 e. The third-order valence-corrected chi connectivity index (χ3v) is 5.13. The normalized spacial score (nSPS) is 30.1. The van der Waals surface area contributed by atoms with Crippen molar-refractivity contribution in [2.75, 3.05) is 12.3 Å². The lowest BCUT2D eigenvalue weighted by Gasteiger charge is -2.18. The van der Waals surface area contributed by atoms with Gasteiger partial charge < -0.3 is 10.4 Å². The van der Waals surface area contributed by atoms with Crippen LogP contribution in [0.5, 0.6) is 0 Å². The minimum atomic E-state index is -2.85. The molecule has 2 N–H and O–H groups in total. The predicted octanol–water partition coefficient (Wildman–Crippen LogP) is -0.0775. The zero-order valence-electron chi connectivity index (χ0n) is 8.73. The molecule has 1 aliphatic rings. The Kier molecular flexibility index (Phi) is 3.92. The van der Waals surface area contributed by atoms with E-state index >= 15 is 0 Å². The summed E-state index contributed by atoms with van der Waals surface area (Å²) >= 11 is 0. The number of hydrogen-bond donors (Lipinski definition) is 2. The van der Waals surface area contributed by atoms with Crippen LogP contribution in [0.2, 0.25) is 0 Å². The monoisotopic (exact) mass is 221 g/mol. The van der Waals surface area contributed by atoms with Crippen molar-refractivity contribution >= 4 is 9.84 Å². The molecule has 4 nitrogen and oxygen atoms in total. The van der Waals surface area contributed by atoms with Gasteiger partial charge in [0, 0.05) is 12.6 Å². The van der Waals surface area contributed by atoms with Gasteiger partial charge in [0.25, 0.3) is 0 Å². The minimum absolute atomic E-state index is 0.0502. The van der Waals surface area contributed by atoms with Crippen LogP contribution < -0.4 is 5.32 Å². The van der Waals surface area contributed by atoms with E-state index in [1.807, 2.05) is 6.92 Å². The molecule has 0 aromatic carbocycles. The summed E-state index contributed by atoms with van der Waals surface area (Å²) in [6.45, 7) is 4.02. The Morgan fingerprint density at radius 3 is 2.57 bits per heavy atom. The van der Waals surface area contributed by atoms with Gasteiger partial charge in [-0.1, -0.05) is 0 Å². The molecule has 0 bridgehead atoms. The van der Waals surface area contributed by atoms with Crippen LogP contribution in [0.25, 0.3) is 0 Å². The Morgan fingerprint density at radius 1 is 1.50 bits per heavy atom. The van der Waals surface area contributed by atoms with Crippen molar-refractivity contribution < 1.29 is 13.5 Å². The van der Waals surface area contributed by atoms with E-state index in [9.17, 15) is 13.5 Å². The summed E-state index contributed by atoms with van der Waals surface area (Å²) < 4.78 is 22.9. The van der Waals surface area contributed by atoms with E-state index in [0.29, 0.717) is 12.3 Å². The molecule has 0 radical (unpaired) electrons. The number of aliphatic hydroxyl groups excluding tert-OH is 1. The summed E-state index contributed by atoms with van der Waals surface area (Å²) in [7, 11) is -2.85. The molecule has 1 fully saturated rings. The summed E-state index contributed by atoms with van der Waals surface area (Å²) in [4.78, 5) is 0. The Bertz CT molecular complexity index is 274. The highest BCUT2D eigenvalue weighted by molar-refractivity contribution is 7.92. The summed E-state index contributed by atoms with van der Waals surface area (Å²) in [6.07, 6.45) is 1.08. The fraction of sp³-hybridized carbons (Fsp3) is 1.00. The van der Waals surface area contributed by atoms with Crippen molar-refractivity contribution in [2.45, 2.75) is 44.1 Å². The highest BCUT2D eigenvalue weighted by atomic mass is 32.2. The van der Waals surface area contributed by atoms with Crippen LogP contribution in [0.1, 0.15) is 26.7 Å². The molecule has 0 spiro atoms. The highest BCUT2D eigenvalue weighted by Gasteiger charge is 2.31. The number of sulfone groups is 1. The second-order valence-corrected chi connectivity index (χ2v) is 6.47. The summed E-state index contributed by atoms with van der Waals surface area (Å²) in [5.41, 5.74) is 0. The van der Waals surface area contributed by atoms with E-state index in [1.54, 1.807) is 6.92 Å². The third kappa shape index (κ3) is 2.93. The zero-order chi connectivity index (χ0) is 10.8. The zero-order valence-corrected chi connectivity index (χ0v) is 9.55. The molecular formula is C9H19NO3S. The van der Waals surface area contributed by atoms with E-state index < -0.39 is 15.9 Å². The quantitative estimate of drug-likeness (QED) is 0.697. The topological polar surface area (TPSA) is 66.4 Å². The van der Waals surface area contributed by atoms with Crippen molar-refractivity contribution in [3.8, 4) is 0 Å². The molecule has 1 aliphatic heterocycles. The van der Waals surface area contributed by atoms with E-state index in [-0.39, 0.29) is 11.3 Å². The van der Waals surface area contributed by atoms with Crippen LogP contribution in [0.4, 0.5) is 0 Å². The van der Waals surface area contributed by atoms with Gasteiger partial charge in [0.2, 0.25) is 0 Å². The Balaban J connectivity index is 2.39. The van der Waals surface area contributed by atoms with Crippen LogP contribution in [-0.2, 0) is 9.84 Å². The maximum Gasteiger partial charge on any atom is 0.154 e. The van der Waals surface area contributed by atoms with Gasteiger partial charge in [-0.15, -0.1) is 0 Å². The summed E-state index contributed by atoms with van der Waals surface area (Å²) in [5, 5.41) is 12.0. The first-order valence-electron chi connectivity index (χ1n) is 5.06. The molecular weight excluding hydrogens is 202 g/mol. The minimum Gasteiger partial charge on any atom is -0.392 e. The second kappa shape index (κ2) is 4.59. The van der Waals surface area contributed by atoms with Gasteiger partial charge in [0.05, 0.1) is 17.1 Å². The van der Waals surface area contributed by atoms with Gasteiger partial charge in [-0.2, -0.15) is 0 Å². The molecule has 0 aliphatic carbocycles. The first-order valence-corrected chi connectivity index (χ1v) is 6.78. The van der Waals surface area contributed by atoms with Crippen molar-refractivity contribution in [1.82, 2.24) is 5.32 Å². The molecule has 0 saturated carbocycles. The fourth-order valence-electron chi connectivity index (χ4n) is 1.58. The molecule has 84 valence electrons. The van der Waals surface area contributed by atoms with Crippen molar-refractivity contribution in [3.05, 3.63) is 0 Å². The molecule has 3 unspecified atom stereocenters. The molecule has 1 heterocycles. The van der Waals surface area contributed by atoms with Crippen LogP contribution in [0, 0.1) is 0 Å². The average Bonchev–Trinajstić information content (AvgIpc) is 2.40. The lowest BCUT2D eigenvalue weighted by Crippen LogP contribution is -2.41. The van der Waals surface area contributed by atoms with Crippen LogP contribution >= 0.6 is 0 Å². The SMILES string of the molecule is CC(O)C(C)NCC1CCCS1(=O)=O. The largest absolute Gasteiger partial charge is 0.392 e. The lowest BCUT2D eigenvalue weighted by molar-refractivity contribution is 0.153. The predicted molar refractivity (Wildman–Crippen MR) is 56.0 cm³/mol. The van der Waals surface area contributed by atoms with Crippen LogP contribution in [-0.4, -0.2) is 43.2 Å². The third-order valence-electron chi connectivity index (χ3n) is 2.85. The molecule has 0 amide bonds. The van der Waals surface area contributed by atoms with Crippen molar-refractivity contribution in [2.24, 2.45) is 0 Å². The van der Waals surface area contributed by atoms with Crippen molar-refractivity contribution in [3.63, 3.8) is 0 Å². The molecule has 1 rings (SSSR count). The second-order valence-electron chi connectivity index (χ2n) is 4.07. The van der Waals surface area contributed by atoms with Gasteiger partial charge in [-0.3, -0.25) is 0 Å². The fourth-order valence-corrected chi connectivity index (χ4v) is 3.35. The van der Waals surface area contributed by atoms with Crippen LogP contribution in [0.15, 0.2) is 0 Å². The maximum atomic E-state index is 11.4. The van der Waals surface area contributed by atoms with Gasteiger partial charge >= 0.3 is 0 Å². The van der Waals surface area contributed by atoms with Gasteiger partial charge in [0.15, 0.2) is 9.84 Å². The van der Waals surface area contributed by atoms with E-state index in [1.165, 1.54) is 0 Å². The molecule has 3 atom stereocenters. The summed E-state index contributed by atoms with van der Waals surface area (Å²) in [6, 6.07) is -0.0502. The first-order chi connectivity index (χ1) is 6.43. The molecule has 1 saturated heterocycles. The Hall–Kier alpha value is -0.130. The molecule has 0 aromatic heterocycles. The molecule has 14 heavy (non-hydrogen) atoms. The molecule has 5 heteroatoms. The average molecular weight is 221 g/mol. The lowest BCUT2D eigenvalue weighted by atomic mass is 10.2. The van der Waals surface area contributed by atoms with Crippen LogP contribution in [0.3, 0.4) is 0 Å². The Morgan fingerprint density at radius 2 is 2.14 bits per heavy atom. The molecule has 0 aromatic rings. The van der Waals surface area contributed by atoms with Gasteiger partial charge in [-0.25, -0.2) is 8.42 Å². The summed E-state index contributed by atoms with van der Waals surface area (Å²) in [5.74, 6) is 0.322. The number of aliphatic hydroxyl groups is 1. The van der Waals surface area contributed by atoms with Gasteiger partial charge in [0.1, 0.15) is 0 Å². The van der Waals surface area contributed by atoms with E-state index in [0.717, 1.165) is 12.8 Å². The standard InChI is InChI=1S/C9H19NO3S/c1-7(8(2)11)10-6-9-4-3-5-14(9,12)13/h7-11H,3-6H2,1-2H3.